The number of thioether (sulfide) groups is 2. The van der Waals surface area contributed by atoms with Crippen LogP contribution in [0.3, 0.4) is 0 Å². The third-order valence-corrected chi connectivity index (χ3v) is 20.0. The number of hydrogen-bond donors (Lipinski definition) is 0. The van der Waals surface area contributed by atoms with E-state index in [1.54, 1.807) is 0 Å². The highest BCUT2D eigenvalue weighted by molar-refractivity contribution is 8.03. The Bertz CT molecular complexity index is 967. The first-order valence-electron chi connectivity index (χ1n) is 33.6. The van der Waals surface area contributed by atoms with Gasteiger partial charge >= 0.3 is 0 Å². The Morgan fingerprint density at radius 3 is 0.486 bits per heavy atom. The molecular formula is C68H130O4S2. The zero-order valence-corrected chi connectivity index (χ0v) is 52.0. The molecule has 0 fully saturated rings. The molecule has 0 aromatic rings. The van der Waals surface area contributed by atoms with E-state index in [9.17, 15) is 19.2 Å². The Balaban J connectivity index is 5.59. The molecule has 0 aliphatic heterocycles. The lowest BCUT2D eigenvalue weighted by atomic mass is 9.88. The van der Waals surface area contributed by atoms with E-state index in [4.69, 9.17) is 0 Å². The fraction of sp³-hybridized carbons (Fsp3) is 0.941. The zero-order chi connectivity index (χ0) is 53.9. The van der Waals surface area contributed by atoms with Crippen LogP contribution in [-0.4, -0.2) is 47.2 Å². The van der Waals surface area contributed by atoms with Crippen LogP contribution in [0.2, 0.25) is 0 Å². The van der Waals surface area contributed by atoms with Gasteiger partial charge in [0.1, 0.15) is 25.1 Å². The molecule has 438 valence electrons. The summed E-state index contributed by atoms with van der Waals surface area (Å²) in [6.07, 6.45) is 70.7. The van der Waals surface area contributed by atoms with Gasteiger partial charge in [-0.05, 0) is 25.7 Å². The van der Waals surface area contributed by atoms with Crippen molar-refractivity contribution in [3.05, 3.63) is 0 Å². The average Bonchev–Trinajstić information content (AvgIpc) is 3.41. The molecule has 0 aliphatic rings. The molecule has 74 heavy (non-hydrogen) atoms. The minimum absolute atomic E-state index is 0.00433. The molecule has 4 nitrogen and oxygen atoms in total. The maximum atomic E-state index is 13.0. The molecule has 0 aromatic heterocycles. The van der Waals surface area contributed by atoms with Gasteiger partial charge in [-0.15, -0.1) is 0 Å². The number of rotatable bonds is 65. The van der Waals surface area contributed by atoms with Gasteiger partial charge in [-0.25, -0.2) is 0 Å². The molecule has 0 radical (unpaired) electrons. The SMILES string of the molecule is CCCCCCCCCCCCCCC(C=O)C(SCCSC(C(C=O)CCCCCCCCCCCCCC)C(C=O)CCCCCCCCCCCCCC)C(C=O)CCCCCCCCCCCCCC. The van der Waals surface area contributed by atoms with E-state index in [1.807, 2.05) is 23.5 Å². The molecule has 0 amide bonds. The van der Waals surface area contributed by atoms with E-state index >= 15 is 0 Å². The van der Waals surface area contributed by atoms with Crippen molar-refractivity contribution in [3.63, 3.8) is 0 Å². The molecule has 0 rings (SSSR count). The first kappa shape index (κ1) is 73.4. The second kappa shape index (κ2) is 61.6. The van der Waals surface area contributed by atoms with Crippen LogP contribution in [0.25, 0.3) is 0 Å². The summed E-state index contributed by atoms with van der Waals surface area (Å²) in [5, 5.41) is -0.00867. The largest absolute Gasteiger partial charge is 0.303 e. The van der Waals surface area contributed by atoms with Gasteiger partial charge in [-0.2, -0.15) is 23.5 Å². The van der Waals surface area contributed by atoms with E-state index in [2.05, 4.69) is 27.7 Å². The van der Waals surface area contributed by atoms with Gasteiger partial charge in [0.2, 0.25) is 0 Å². The van der Waals surface area contributed by atoms with Crippen LogP contribution in [0.4, 0.5) is 0 Å². The number of carbonyl (C=O) groups is 4. The summed E-state index contributed by atoms with van der Waals surface area (Å²) in [7, 11) is 0. The number of aldehydes is 4. The standard InChI is InChI=1S/C68H130O4S2/c1-5-9-13-17-21-25-29-33-37-41-45-49-53-63(59-69)67(64(60-70)54-50-46-42-38-34-30-26-22-18-14-10-6-2)73-57-58-74-68(65(61-71)55-51-47-43-39-35-31-27-23-19-15-11-7-3)66(62-72)56-52-48-44-40-36-32-28-24-20-16-12-8-4/h59-68H,5-58H2,1-4H3. The third kappa shape index (κ3) is 47.4. The molecule has 0 bridgehead atoms. The monoisotopic (exact) mass is 1070 g/mol. The second-order valence-corrected chi connectivity index (χ2v) is 26.2. The predicted molar refractivity (Wildman–Crippen MR) is 333 cm³/mol. The lowest BCUT2D eigenvalue weighted by molar-refractivity contribution is -0.115. The highest BCUT2D eigenvalue weighted by Gasteiger charge is 2.32. The highest BCUT2D eigenvalue weighted by atomic mass is 32.2. The average molecular weight is 1080 g/mol. The van der Waals surface area contributed by atoms with Crippen LogP contribution in [0, 0.1) is 23.7 Å². The molecule has 4 unspecified atom stereocenters. The maximum Gasteiger partial charge on any atom is 0.124 e. The molecule has 0 aliphatic carbocycles. The normalized spacial score (nSPS) is 14.2. The lowest BCUT2D eigenvalue weighted by Crippen LogP contribution is -2.31. The van der Waals surface area contributed by atoms with Crippen molar-refractivity contribution in [1.29, 1.82) is 0 Å². The molecule has 0 saturated heterocycles. The molecule has 4 atom stereocenters. The molecule has 0 spiro atoms. The quantitative estimate of drug-likeness (QED) is 0.0447. The summed E-state index contributed by atoms with van der Waals surface area (Å²) in [6, 6.07) is 0. The summed E-state index contributed by atoms with van der Waals surface area (Å²) in [6.45, 7) is 9.14. The third-order valence-electron chi connectivity index (χ3n) is 16.7. The minimum atomic E-state index is -0.113. The van der Waals surface area contributed by atoms with Crippen molar-refractivity contribution >= 4 is 48.7 Å². The van der Waals surface area contributed by atoms with Crippen LogP contribution in [0.5, 0.6) is 0 Å². The van der Waals surface area contributed by atoms with Crippen molar-refractivity contribution in [2.24, 2.45) is 23.7 Å². The first-order valence-corrected chi connectivity index (χ1v) is 35.7. The van der Waals surface area contributed by atoms with Crippen LogP contribution >= 0.6 is 23.5 Å². The van der Waals surface area contributed by atoms with Crippen molar-refractivity contribution in [1.82, 2.24) is 0 Å². The van der Waals surface area contributed by atoms with Gasteiger partial charge in [-0.1, -0.05) is 336 Å². The van der Waals surface area contributed by atoms with Gasteiger partial charge < -0.3 is 19.2 Å². The van der Waals surface area contributed by atoms with Gasteiger partial charge in [0.25, 0.3) is 0 Å². The lowest BCUT2D eigenvalue weighted by Gasteiger charge is -2.30. The Morgan fingerprint density at radius 2 is 0.351 bits per heavy atom. The number of hydrogen-bond acceptors (Lipinski definition) is 6. The Labute approximate surface area is 472 Å². The van der Waals surface area contributed by atoms with Gasteiger partial charge in [0, 0.05) is 45.7 Å². The van der Waals surface area contributed by atoms with E-state index in [1.165, 1.54) is 308 Å². The van der Waals surface area contributed by atoms with Crippen molar-refractivity contribution in [3.8, 4) is 0 Å². The Morgan fingerprint density at radius 1 is 0.216 bits per heavy atom. The van der Waals surface area contributed by atoms with Crippen LogP contribution in [0.1, 0.15) is 362 Å². The molecular weight excluding hydrogens is 945 g/mol. The highest BCUT2D eigenvalue weighted by Crippen LogP contribution is 2.36. The second-order valence-electron chi connectivity index (χ2n) is 23.6. The van der Waals surface area contributed by atoms with E-state index in [0.29, 0.717) is 0 Å². The summed E-state index contributed by atoms with van der Waals surface area (Å²) >= 11 is 3.70. The Hall–Kier alpha value is -0.620. The topological polar surface area (TPSA) is 68.3 Å². The van der Waals surface area contributed by atoms with E-state index in [-0.39, 0.29) is 34.2 Å². The van der Waals surface area contributed by atoms with E-state index in [0.717, 1.165) is 62.9 Å². The number of carbonyl (C=O) groups excluding carboxylic acids is 4. The summed E-state index contributed by atoms with van der Waals surface area (Å²) in [4.78, 5) is 51.9. The van der Waals surface area contributed by atoms with Gasteiger partial charge in [0.15, 0.2) is 0 Å². The summed E-state index contributed by atoms with van der Waals surface area (Å²) in [5.74, 6) is 1.23. The smallest absolute Gasteiger partial charge is 0.124 e. The first-order chi connectivity index (χ1) is 36.6. The van der Waals surface area contributed by atoms with Crippen molar-refractivity contribution in [2.45, 2.75) is 372 Å². The summed E-state index contributed by atoms with van der Waals surface area (Å²) < 4.78 is 0. The van der Waals surface area contributed by atoms with Crippen LogP contribution < -0.4 is 0 Å². The molecule has 0 saturated carbocycles. The van der Waals surface area contributed by atoms with Crippen molar-refractivity contribution in [2.75, 3.05) is 11.5 Å². The summed E-state index contributed by atoms with van der Waals surface area (Å²) in [5.41, 5.74) is 0. The van der Waals surface area contributed by atoms with E-state index < -0.39 is 0 Å². The number of unbranched alkanes of at least 4 members (excludes halogenated alkanes) is 44. The fourth-order valence-electron chi connectivity index (χ4n) is 11.6. The van der Waals surface area contributed by atoms with Crippen molar-refractivity contribution < 1.29 is 19.2 Å². The molecule has 0 N–H and O–H groups in total. The van der Waals surface area contributed by atoms with Gasteiger partial charge in [-0.3, -0.25) is 0 Å². The van der Waals surface area contributed by atoms with Gasteiger partial charge in [0.05, 0.1) is 0 Å². The predicted octanol–water partition coefficient (Wildman–Crippen LogP) is 22.8. The van der Waals surface area contributed by atoms with Crippen LogP contribution in [-0.2, 0) is 19.2 Å². The maximum absolute atomic E-state index is 13.0. The zero-order valence-electron chi connectivity index (χ0n) is 50.4. The van der Waals surface area contributed by atoms with Crippen LogP contribution in [0.15, 0.2) is 0 Å². The minimum Gasteiger partial charge on any atom is -0.303 e. The fourth-order valence-corrected chi connectivity index (χ4v) is 14.7. The Kier molecular flexibility index (Phi) is 61.1. The molecule has 0 heterocycles. The molecule has 6 heteroatoms. The molecule has 0 aromatic carbocycles.